The normalized spacial score (nSPS) is 22.5. The highest BCUT2D eigenvalue weighted by Crippen LogP contribution is 2.30. The first kappa shape index (κ1) is 29.4. The number of primary amides is 1. The van der Waals surface area contributed by atoms with Crippen LogP contribution in [0.3, 0.4) is 0 Å². The second kappa shape index (κ2) is 12.2. The van der Waals surface area contributed by atoms with E-state index in [1.54, 1.807) is 0 Å². The molecule has 13 nitrogen and oxygen atoms in total. The maximum atomic E-state index is 12.9. The Bertz CT molecular complexity index is 780. The van der Waals surface area contributed by atoms with Crippen LogP contribution in [0.1, 0.15) is 41.0 Å². The van der Waals surface area contributed by atoms with E-state index in [0.29, 0.717) is 0 Å². The van der Waals surface area contributed by atoms with E-state index < -0.39 is 77.9 Å². The van der Waals surface area contributed by atoms with Crippen molar-refractivity contribution in [2.24, 2.45) is 17.6 Å². The lowest BCUT2D eigenvalue weighted by molar-refractivity contribution is -0.139. The van der Waals surface area contributed by atoms with Crippen LogP contribution >= 0.6 is 0 Å². The number of aliphatic hydroxyl groups excluding tert-OH is 3. The van der Waals surface area contributed by atoms with Gasteiger partial charge in [-0.2, -0.15) is 0 Å². The van der Waals surface area contributed by atoms with Crippen molar-refractivity contribution in [1.29, 1.82) is 0 Å². The van der Waals surface area contributed by atoms with Crippen molar-refractivity contribution in [2.45, 2.75) is 77.0 Å². The first-order chi connectivity index (χ1) is 15.7. The van der Waals surface area contributed by atoms with E-state index in [2.05, 4.69) is 16.0 Å². The average Bonchev–Trinajstić information content (AvgIpc) is 3.54. The fraction of sp³-hybridized carbons (Fsp3) is 0.762. The van der Waals surface area contributed by atoms with Crippen LogP contribution in [0.2, 0.25) is 0 Å². The van der Waals surface area contributed by atoms with Gasteiger partial charge in [-0.3, -0.25) is 24.0 Å². The molecule has 7 atom stereocenters. The van der Waals surface area contributed by atoms with Crippen molar-refractivity contribution in [1.82, 2.24) is 16.0 Å². The molecule has 0 aromatic heterocycles. The summed E-state index contributed by atoms with van der Waals surface area (Å²) in [6, 6.07) is -4.16. The highest BCUT2D eigenvalue weighted by atomic mass is 16.6. The topological polar surface area (TPSA) is 221 Å². The summed E-state index contributed by atoms with van der Waals surface area (Å²) in [6.45, 7) is 6.77. The highest BCUT2D eigenvalue weighted by Gasteiger charge is 2.54. The van der Waals surface area contributed by atoms with Crippen LogP contribution in [0.15, 0.2) is 0 Å². The number of hydrogen-bond acceptors (Lipinski definition) is 9. The molecule has 1 aliphatic rings. The van der Waals surface area contributed by atoms with Crippen molar-refractivity contribution >= 4 is 29.4 Å². The number of rotatable bonds is 14. The summed E-state index contributed by atoms with van der Waals surface area (Å²) in [7, 11) is 0. The lowest BCUT2D eigenvalue weighted by Gasteiger charge is -2.28. The quantitative estimate of drug-likeness (QED) is 0.0959. The number of nitrogens with one attached hydrogen (secondary N) is 3. The molecule has 13 heteroatoms. The van der Waals surface area contributed by atoms with Crippen LogP contribution in [0, 0.1) is 11.8 Å². The Labute approximate surface area is 197 Å². The Hall–Kier alpha value is -2.61. The molecule has 0 aromatic rings. The minimum atomic E-state index is -1.56. The van der Waals surface area contributed by atoms with Gasteiger partial charge in [0.25, 0.3) is 0 Å². The van der Waals surface area contributed by atoms with E-state index in [4.69, 9.17) is 10.5 Å². The van der Waals surface area contributed by atoms with Gasteiger partial charge in [-0.15, -0.1) is 0 Å². The summed E-state index contributed by atoms with van der Waals surface area (Å²) >= 11 is 0. The number of carbonyl (C=O) groups is 5. The highest BCUT2D eigenvalue weighted by molar-refractivity contribution is 6.02. The number of nitrogens with two attached hydrogens (primary N) is 1. The molecule has 0 bridgehead atoms. The number of amides is 4. The fourth-order valence-corrected chi connectivity index (χ4v) is 3.14. The standard InChI is InChI=1S/C21H36N4O9/c1-9(2)6-13(16(29)21(7-26)8-34-21)23-19(32)14(11(4)27)25-20(33)15(12(5)28)24-18(31)10(3)17(22)30/h9-15,26-28H,6-8H2,1-5H3,(H2,22,30)(H,23,32)(H,24,31)(H,25,33)/t10-,11?,12?,13?,14+,15+,21?/m1/s1. The van der Waals surface area contributed by atoms with E-state index in [1.165, 1.54) is 20.8 Å². The maximum Gasteiger partial charge on any atom is 0.245 e. The Morgan fingerprint density at radius 1 is 0.882 bits per heavy atom. The molecule has 1 rings (SSSR count). The number of aliphatic hydroxyl groups is 3. The van der Waals surface area contributed by atoms with Crippen molar-refractivity contribution in [3.8, 4) is 0 Å². The van der Waals surface area contributed by atoms with Crippen LogP contribution in [-0.2, 0) is 28.7 Å². The molecule has 1 saturated heterocycles. The minimum absolute atomic E-state index is 0.0167. The first-order valence-corrected chi connectivity index (χ1v) is 11.0. The van der Waals surface area contributed by atoms with Crippen molar-refractivity contribution in [3.05, 3.63) is 0 Å². The van der Waals surface area contributed by atoms with E-state index in [-0.39, 0.29) is 18.9 Å². The second-order valence-corrected chi connectivity index (χ2v) is 9.07. The van der Waals surface area contributed by atoms with Crippen LogP contribution in [0.25, 0.3) is 0 Å². The number of hydrogen-bond donors (Lipinski definition) is 7. The predicted octanol–water partition coefficient (Wildman–Crippen LogP) is -3.30. The Morgan fingerprint density at radius 2 is 1.32 bits per heavy atom. The van der Waals surface area contributed by atoms with Gasteiger partial charge in [-0.05, 0) is 33.1 Å². The van der Waals surface area contributed by atoms with Crippen LogP contribution in [0.4, 0.5) is 0 Å². The minimum Gasteiger partial charge on any atom is -0.393 e. The third-order valence-electron chi connectivity index (χ3n) is 5.48. The van der Waals surface area contributed by atoms with Gasteiger partial charge in [0, 0.05) is 0 Å². The lowest BCUT2D eigenvalue weighted by Crippen LogP contribution is -2.62. The summed E-state index contributed by atoms with van der Waals surface area (Å²) in [4.78, 5) is 61.8. The molecule has 0 aliphatic carbocycles. The molecule has 0 radical (unpaired) electrons. The zero-order valence-corrected chi connectivity index (χ0v) is 20.0. The monoisotopic (exact) mass is 488 g/mol. The van der Waals surface area contributed by atoms with Crippen LogP contribution < -0.4 is 21.7 Å². The van der Waals surface area contributed by atoms with Crippen LogP contribution in [0.5, 0.6) is 0 Å². The molecular weight excluding hydrogens is 452 g/mol. The Kier molecular flexibility index (Phi) is 10.6. The van der Waals surface area contributed by atoms with Gasteiger partial charge in [0.2, 0.25) is 23.6 Å². The summed E-state index contributed by atoms with van der Waals surface area (Å²) in [5.74, 6) is -5.58. The van der Waals surface area contributed by atoms with Crippen molar-refractivity contribution in [3.63, 3.8) is 0 Å². The smallest absolute Gasteiger partial charge is 0.245 e. The van der Waals surface area contributed by atoms with Gasteiger partial charge in [0.15, 0.2) is 11.4 Å². The Balaban J connectivity index is 3.00. The number of ketones is 1. The summed E-state index contributed by atoms with van der Waals surface area (Å²) in [5, 5.41) is 36.5. The third kappa shape index (κ3) is 7.72. The molecule has 0 spiro atoms. The lowest BCUT2D eigenvalue weighted by atomic mass is 9.92. The molecule has 34 heavy (non-hydrogen) atoms. The zero-order valence-electron chi connectivity index (χ0n) is 20.0. The van der Waals surface area contributed by atoms with Gasteiger partial charge in [-0.25, -0.2) is 0 Å². The SMILES string of the molecule is CC(C)CC(NC(=O)[C@@H](NC(=O)[C@@H](NC(=O)[C@H](C)C(N)=O)C(C)O)C(C)O)C(=O)C1(CO)CO1. The van der Waals surface area contributed by atoms with Gasteiger partial charge in [0.05, 0.1) is 31.5 Å². The number of Topliss-reactive ketones (excluding diaryl/α,β-unsaturated/α-hetero) is 1. The van der Waals surface area contributed by atoms with E-state index >= 15 is 0 Å². The number of carbonyl (C=O) groups excluding carboxylic acids is 5. The second-order valence-electron chi connectivity index (χ2n) is 9.07. The van der Waals surface area contributed by atoms with E-state index in [0.717, 1.165) is 0 Å². The molecular formula is C21H36N4O9. The van der Waals surface area contributed by atoms with E-state index in [9.17, 15) is 39.3 Å². The summed E-state index contributed by atoms with van der Waals surface area (Å²) in [5.41, 5.74) is 3.69. The first-order valence-electron chi connectivity index (χ1n) is 11.0. The Morgan fingerprint density at radius 3 is 1.68 bits per heavy atom. The zero-order chi connectivity index (χ0) is 26.4. The van der Waals surface area contributed by atoms with E-state index in [1.807, 2.05) is 13.8 Å². The molecule has 1 fully saturated rings. The van der Waals surface area contributed by atoms with Crippen molar-refractivity contribution < 1.29 is 44.0 Å². The molecule has 194 valence electrons. The molecule has 1 heterocycles. The maximum absolute atomic E-state index is 12.9. The molecule has 1 aliphatic heterocycles. The summed E-state index contributed by atoms with van der Waals surface area (Å²) < 4.78 is 5.08. The van der Waals surface area contributed by atoms with Gasteiger partial charge in [-0.1, -0.05) is 13.8 Å². The molecule has 8 N–H and O–H groups in total. The van der Waals surface area contributed by atoms with Gasteiger partial charge < -0.3 is 41.7 Å². The van der Waals surface area contributed by atoms with Gasteiger partial charge >= 0.3 is 0 Å². The fourth-order valence-electron chi connectivity index (χ4n) is 3.14. The molecule has 4 amide bonds. The molecule has 0 saturated carbocycles. The molecule has 0 aromatic carbocycles. The summed E-state index contributed by atoms with van der Waals surface area (Å²) in [6.07, 6.45) is -2.63. The number of epoxide rings is 1. The van der Waals surface area contributed by atoms with Gasteiger partial charge in [0.1, 0.15) is 18.0 Å². The van der Waals surface area contributed by atoms with Crippen LogP contribution in [-0.4, -0.2) is 93.9 Å². The number of ether oxygens (including phenoxy) is 1. The third-order valence-corrected chi connectivity index (χ3v) is 5.48. The molecule has 4 unspecified atom stereocenters. The average molecular weight is 489 g/mol. The largest absolute Gasteiger partial charge is 0.393 e. The predicted molar refractivity (Wildman–Crippen MR) is 118 cm³/mol. The van der Waals surface area contributed by atoms with Crippen molar-refractivity contribution in [2.75, 3.05) is 13.2 Å².